The maximum Gasteiger partial charge on any atom is 0.233 e. The van der Waals surface area contributed by atoms with E-state index >= 15 is 0 Å². The number of benzene rings is 1. The molecule has 3 aromatic rings. The molecule has 2 heterocycles. The molecule has 0 N–H and O–H groups in total. The second kappa shape index (κ2) is 5.21. The molecule has 0 amide bonds. The summed E-state index contributed by atoms with van der Waals surface area (Å²) in [6.07, 6.45) is 0.277. The van der Waals surface area contributed by atoms with Gasteiger partial charge >= 0.3 is 0 Å². The van der Waals surface area contributed by atoms with Crippen LogP contribution in [-0.2, 0) is 6.42 Å². The van der Waals surface area contributed by atoms with Crippen molar-refractivity contribution in [3.63, 3.8) is 0 Å². The van der Waals surface area contributed by atoms with E-state index in [1.165, 1.54) is 5.56 Å². The molecule has 0 aliphatic carbocycles. The van der Waals surface area contributed by atoms with Crippen molar-refractivity contribution in [3.05, 3.63) is 52.7 Å². The Bertz CT molecular complexity index is 809. The minimum atomic E-state index is 0.277. The predicted octanol–water partition coefficient (Wildman–Crippen LogP) is 2.80. The molecule has 0 radical (unpaired) electrons. The molecule has 0 aliphatic rings. The lowest BCUT2D eigenvalue weighted by molar-refractivity contribution is 0.371. The molecule has 21 heavy (non-hydrogen) atoms. The summed E-state index contributed by atoms with van der Waals surface area (Å²) in [5, 5.41) is 16.9. The highest BCUT2D eigenvalue weighted by atomic mass is 16.5. The first kappa shape index (κ1) is 13.1. The zero-order valence-corrected chi connectivity index (χ0v) is 11.6. The van der Waals surface area contributed by atoms with E-state index in [-0.39, 0.29) is 6.42 Å². The van der Waals surface area contributed by atoms with Crippen molar-refractivity contribution in [1.82, 2.24) is 15.3 Å². The molecule has 0 saturated heterocycles. The molecule has 1 aromatic carbocycles. The highest BCUT2D eigenvalue weighted by Gasteiger charge is 2.16. The topological polar surface area (TPSA) is 88.7 Å². The number of nitrogens with zero attached hydrogens (tertiary/aromatic N) is 4. The van der Waals surface area contributed by atoms with Crippen molar-refractivity contribution in [2.75, 3.05) is 0 Å². The summed E-state index contributed by atoms with van der Waals surface area (Å²) in [5.41, 5.74) is 2.98. The molecule has 0 unspecified atom stereocenters. The summed E-state index contributed by atoms with van der Waals surface area (Å²) >= 11 is 0. The molecule has 0 atom stereocenters. The molecular formula is C15H12N4O2. The molecule has 6 heteroatoms. The fourth-order valence-corrected chi connectivity index (χ4v) is 1.97. The summed E-state index contributed by atoms with van der Waals surface area (Å²) in [6.45, 7) is 3.71. The zero-order chi connectivity index (χ0) is 14.8. The number of aryl methyl sites for hydroxylation is 2. The molecule has 0 aliphatic heterocycles. The van der Waals surface area contributed by atoms with Gasteiger partial charge in [0, 0.05) is 5.56 Å². The number of hydrogen-bond acceptors (Lipinski definition) is 6. The van der Waals surface area contributed by atoms with E-state index in [1.807, 2.05) is 31.2 Å². The van der Waals surface area contributed by atoms with Gasteiger partial charge in [-0.05, 0) is 13.8 Å². The third-order valence-electron chi connectivity index (χ3n) is 3.14. The van der Waals surface area contributed by atoms with E-state index in [4.69, 9.17) is 14.3 Å². The maximum absolute atomic E-state index is 9.06. The molecule has 0 saturated carbocycles. The molecule has 3 rings (SSSR count). The Morgan fingerprint density at radius 2 is 1.86 bits per heavy atom. The Labute approximate surface area is 121 Å². The third kappa shape index (κ3) is 2.54. The van der Waals surface area contributed by atoms with E-state index in [2.05, 4.69) is 21.4 Å². The Morgan fingerprint density at radius 1 is 1.10 bits per heavy atom. The van der Waals surface area contributed by atoms with Gasteiger partial charge in [-0.1, -0.05) is 40.1 Å². The van der Waals surface area contributed by atoms with E-state index in [1.54, 1.807) is 6.92 Å². The fraction of sp³-hybridized carbons (Fsp3) is 0.200. The van der Waals surface area contributed by atoms with Crippen LogP contribution in [-0.4, -0.2) is 15.3 Å². The van der Waals surface area contributed by atoms with Crippen molar-refractivity contribution >= 4 is 0 Å². The van der Waals surface area contributed by atoms with Gasteiger partial charge in [0.05, 0.1) is 6.42 Å². The monoisotopic (exact) mass is 280 g/mol. The van der Waals surface area contributed by atoms with Crippen molar-refractivity contribution < 1.29 is 9.05 Å². The number of rotatable bonds is 3. The lowest BCUT2D eigenvalue weighted by Crippen LogP contribution is -1.92. The van der Waals surface area contributed by atoms with Gasteiger partial charge in [-0.25, -0.2) is 0 Å². The Balaban J connectivity index is 1.85. The van der Waals surface area contributed by atoms with E-state index in [0.717, 1.165) is 5.56 Å². The largest absolute Gasteiger partial charge is 0.360 e. The van der Waals surface area contributed by atoms with Crippen molar-refractivity contribution in [2.45, 2.75) is 20.3 Å². The van der Waals surface area contributed by atoms with Crippen LogP contribution in [0, 0.1) is 25.2 Å². The maximum atomic E-state index is 9.06. The summed E-state index contributed by atoms with van der Waals surface area (Å²) in [6, 6.07) is 9.91. The standard InChI is InChI=1S/C15H12N4O2/c1-9-3-5-11(6-4-9)15-17-14(21-19-15)7-13-12(8-16)10(2)20-18-13/h3-6H,7H2,1-2H3. The van der Waals surface area contributed by atoms with Gasteiger partial charge in [0.2, 0.25) is 11.7 Å². The van der Waals surface area contributed by atoms with Crippen molar-refractivity contribution in [2.24, 2.45) is 0 Å². The van der Waals surface area contributed by atoms with Crippen molar-refractivity contribution in [3.8, 4) is 17.5 Å². The average Bonchev–Trinajstić information content (AvgIpc) is 3.07. The highest BCUT2D eigenvalue weighted by Crippen LogP contribution is 2.19. The Morgan fingerprint density at radius 3 is 2.57 bits per heavy atom. The minimum absolute atomic E-state index is 0.277. The number of hydrogen-bond donors (Lipinski definition) is 0. The van der Waals surface area contributed by atoms with Crippen molar-refractivity contribution in [1.29, 1.82) is 5.26 Å². The second-order valence-corrected chi connectivity index (χ2v) is 4.73. The van der Waals surface area contributed by atoms with Gasteiger partial charge in [0.15, 0.2) is 5.76 Å². The lowest BCUT2D eigenvalue weighted by Gasteiger charge is -1.94. The van der Waals surface area contributed by atoms with Crippen LogP contribution in [0.15, 0.2) is 33.3 Å². The average molecular weight is 280 g/mol. The minimum Gasteiger partial charge on any atom is -0.360 e. The van der Waals surface area contributed by atoms with E-state index < -0.39 is 0 Å². The van der Waals surface area contributed by atoms with Crippen LogP contribution in [0.25, 0.3) is 11.4 Å². The van der Waals surface area contributed by atoms with Crippen LogP contribution >= 0.6 is 0 Å². The van der Waals surface area contributed by atoms with Crippen LogP contribution in [0.1, 0.15) is 28.5 Å². The molecule has 6 nitrogen and oxygen atoms in total. The van der Waals surface area contributed by atoms with E-state index in [0.29, 0.717) is 28.7 Å². The van der Waals surface area contributed by atoms with Crippen LogP contribution in [0.3, 0.4) is 0 Å². The van der Waals surface area contributed by atoms with Gasteiger partial charge in [-0.3, -0.25) is 0 Å². The quantitative estimate of drug-likeness (QED) is 0.732. The molecule has 0 bridgehead atoms. The molecule has 2 aromatic heterocycles. The molecular weight excluding hydrogens is 268 g/mol. The van der Waals surface area contributed by atoms with Crippen LogP contribution < -0.4 is 0 Å². The first-order chi connectivity index (χ1) is 10.2. The summed E-state index contributed by atoms with van der Waals surface area (Å²) in [5.74, 6) is 1.41. The predicted molar refractivity (Wildman–Crippen MR) is 73.2 cm³/mol. The van der Waals surface area contributed by atoms with Crippen LogP contribution in [0.5, 0.6) is 0 Å². The van der Waals surface area contributed by atoms with Gasteiger partial charge in [-0.2, -0.15) is 10.2 Å². The third-order valence-corrected chi connectivity index (χ3v) is 3.14. The zero-order valence-electron chi connectivity index (χ0n) is 11.6. The summed E-state index contributed by atoms with van der Waals surface area (Å²) in [4.78, 5) is 4.32. The molecule has 0 spiro atoms. The second-order valence-electron chi connectivity index (χ2n) is 4.73. The van der Waals surface area contributed by atoms with Crippen LogP contribution in [0.4, 0.5) is 0 Å². The van der Waals surface area contributed by atoms with Gasteiger partial charge in [0.1, 0.15) is 17.3 Å². The Hall–Kier alpha value is -2.94. The lowest BCUT2D eigenvalue weighted by atomic mass is 10.1. The smallest absolute Gasteiger partial charge is 0.233 e. The number of aromatic nitrogens is 3. The first-order valence-electron chi connectivity index (χ1n) is 6.42. The van der Waals surface area contributed by atoms with E-state index in [9.17, 15) is 0 Å². The fourth-order valence-electron chi connectivity index (χ4n) is 1.97. The van der Waals surface area contributed by atoms with Gasteiger partial charge < -0.3 is 9.05 Å². The van der Waals surface area contributed by atoms with Gasteiger partial charge in [-0.15, -0.1) is 0 Å². The molecule has 0 fully saturated rings. The molecule has 104 valence electrons. The SMILES string of the molecule is Cc1ccc(-c2noc(Cc3noc(C)c3C#N)n2)cc1. The first-order valence-corrected chi connectivity index (χ1v) is 6.42. The summed E-state index contributed by atoms with van der Waals surface area (Å²) < 4.78 is 10.2. The normalized spacial score (nSPS) is 10.5. The van der Waals surface area contributed by atoms with Gasteiger partial charge in [0.25, 0.3) is 0 Å². The Kier molecular flexibility index (Phi) is 3.24. The highest BCUT2D eigenvalue weighted by molar-refractivity contribution is 5.54. The van der Waals surface area contributed by atoms with Crippen LogP contribution in [0.2, 0.25) is 0 Å². The summed E-state index contributed by atoms with van der Waals surface area (Å²) in [7, 11) is 0. The number of nitriles is 1.